The molecule has 0 saturated carbocycles. The first kappa shape index (κ1) is 12.5. The minimum atomic E-state index is 0.145. The van der Waals surface area contributed by atoms with Gasteiger partial charge in [0.25, 0.3) is 0 Å². The SMILES string of the molecule is C=CNC(COC)c1ccc(-n2cccc2)cc1. The summed E-state index contributed by atoms with van der Waals surface area (Å²) in [6.07, 6.45) is 5.76. The number of nitrogens with one attached hydrogen (secondary N) is 1. The van der Waals surface area contributed by atoms with E-state index in [0.29, 0.717) is 6.61 Å². The second-order valence-electron chi connectivity index (χ2n) is 4.06. The highest BCUT2D eigenvalue weighted by Crippen LogP contribution is 2.16. The van der Waals surface area contributed by atoms with E-state index in [9.17, 15) is 0 Å². The van der Waals surface area contributed by atoms with Gasteiger partial charge in [0.1, 0.15) is 0 Å². The number of hydrogen-bond acceptors (Lipinski definition) is 2. The van der Waals surface area contributed by atoms with E-state index in [0.717, 1.165) is 5.69 Å². The van der Waals surface area contributed by atoms with E-state index in [-0.39, 0.29) is 6.04 Å². The van der Waals surface area contributed by atoms with Gasteiger partial charge in [-0.25, -0.2) is 0 Å². The fraction of sp³-hybridized carbons (Fsp3) is 0.200. The molecule has 0 saturated heterocycles. The van der Waals surface area contributed by atoms with Crippen LogP contribution in [0, 0.1) is 0 Å². The predicted octanol–water partition coefficient (Wildman–Crippen LogP) is 2.90. The Balaban J connectivity index is 2.17. The first-order chi connectivity index (χ1) is 8.85. The third-order valence-electron chi connectivity index (χ3n) is 2.85. The lowest BCUT2D eigenvalue weighted by molar-refractivity contribution is 0.172. The summed E-state index contributed by atoms with van der Waals surface area (Å²) < 4.78 is 7.28. The molecule has 1 atom stereocenters. The molecule has 0 spiro atoms. The van der Waals surface area contributed by atoms with Crippen LogP contribution in [0.5, 0.6) is 0 Å². The van der Waals surface area contributed by atoms with Crippen LogP contribution in [-0.4, -0.2) is 18.3 Å². The molecule has 1 aromatic carbocycles. The molecule has 0 fully saturated rings. The molecule has 3 heteroatoms. The first-order valence-corrected chi connectivity index (χ1v) is 5.94. The zero-order chi connectivity index (χ0) is 12.8. The molecule has 1 heterocycles. The van der Waals surface area contributed by atoms with Crippen molar-refractivity contribution in [1.29, 1.82) is 0 Å². The average Bonchev–Trinajstić information content (AvgIpc) is 2.93. The van der Waals surface area contributed by atoms with Crippen LogP contribution in [0.15, 0.2) is 61.6 Å². The summed E-state index contributed by atoms with van der Waals surface area (Å²) in [6.45, 7) is 4.32. The van der Waals surface area contributed by atoms with Crippen molar-refractivity contribution in [3.8, 4) is 5.69 Å². The lowest BCUT2D eigenvalue weighted by Crippen LogP contribution is -2.20. The Morgan fingerprint density at radius 1 is 1.28 bits per heavy atom. The van der Waals surface area contributed by atoms with Gasteiger partial charge in [-0.15, -0.1) is 0 Å². The van der Waals surface area contributed by atoms with Crippen LogP contribution in [0.1, 0.15) is 11.6 Å². The van der Waals surface area contributed by atoms with Crippen molar-refractivity contribution in [2.24, 2.45) is 0 Å². The van der Waals surface area contributed by atoms with E-state index in [1.54, 1.807) is 13.3 Å². The summed E-state index contributed by atoms with van der Waals surface area (Å²) in [5.74, 6) is 0. The molecule has 1 N–H and O–H groups in total. The van der Waals surface area contributed by atoms with Crippen molar-refractivity contribution < 1.29 is 4.74 Å². The van der Waals surface area contributed by atoms with Crippen LogP contribution in [0.25, 0.3) is 5.69 Å². The van der Waals surface area contributed by atoms with Crippen molar-refractivity contribution in [2.75, 3.05) is 13.7 Å². The number of nitrogens with zero attached hydrogens (tertiary/aromatic N) is 1. The summed E-state index contributed by atoms with van der Waals surface area (Å²) in [6, 6.07) is 12.6. The van der Waals surface area contributed by atoms with Crippen LogP contribution in [0.4, 0.5) is 0 Å². The largest absolute Gasteiger partial charge is 0.382 e. The van der Waals surface area contributed by atoms with Crippen LogP contribution < -0.4 is 5.32 Å². The maximum atomic E-state index is 5.20. The molecule has 0 aliphatic rings. The lowest BCUT2D eigenvalue weighted by atomic mass is 10.1. The Hall–Kier alpha value is -2.00. The summed E-state index contributed by atoms with van der Waals surface area (Å²) in [4.78, 5) is 0. The van der Waals surface area contributed by atoms with E-state index in [4.69, 9.17) is 4.74 Å². The molecule has 1 aromatic heterocycles. The minimum Gasteiger partial charge on any atom is -0.382 e. The van der Waals surface area contributed by atoms with Crippen molar-refractivity contribution >= 4 is 0 Å². The number of ether oxygens (including phenoxy) is 1. The maximum absolute atomic E-state index is 5.20. The molecule has 1 unspecified atom stereocenters. The summed E-state index contributed by atoms with van der Waals surface area (Å²) in [5, 5.41) is 3.19. The molecule has 18 heavy (non-hydrogen) atoms. The fourth-order valence-corrected chi connectivity index (χ4v) is 1.93. The number of rotatable bonds is 6. The molecule has 0 radical (unpaired) electrons. The second kappa shape index (κ2) is 6.07. The number of methoxy groups -OCH3 is 1. The van der Waals surface area contributed by atoms with Crippen LogP contribution in [0.2, 0.25) is 0 Å². The Morgan fingerprint density at radius 2 is 1.94 bits per heavy atom. The van der Waals surface area contributed by atoms with Gasteiger partial charge < -0.3 is 14.6 Å². The highest BCUT2D eigenvalue weighted by atomic mass is 16.5. The van der Waals surface area contributed by atoms with Gasteiger partial charge in [-0.2, -0.15) is 0 Å². The number of hydrogen-bond donors (Lipinski definition) is 1. The average molecular weight is 242 g/mol. The summed E-state index contributed by atoms with van der Waals surface area (Å²) in [7, 11) is 1.70. The van der Waals surface area contributed by atoms with Gasteiger partial charge in [0.15, 0.2) is 0 Å². The zero-order valence-corrected chi connectivity index (χ0v) is 10.5. The third-order valence-corrected chi connectivity index (χ3v) is 2.85. The Labute approximate surface area is 108 Å². The highest BCUT2D eigenvalue weighted by Gasteiger charge is 2.08. The van der Waals surface area contributed by atoms with E-state index in [2.05, 4.69) is 40.7 Å². The van der Waals surface area contributed by atoms with Gasteiger partial charge in [0.05, 0.1) is 12.6 Å². The lowest BCUT2D eigenvalue weighted by Gasteiger charge is -2.17. The molecular formula is C15H18N2O. The highest BCUT2D eigenvalue weighted by molar-refractivity contribution is 5.36. The van der Waals surface area contributed by atoms with Gasteiger partial charge in [-0.1, -0.05) is 18.7 Å². The second-order valence-corrected chi connectivity index (χ2v) is 4.06. The molecule has 0 amide bonds. The number of aromatic nitrogens is 1. The van der Waals surface area contributed by atoms with Crippen molar-refractivity contribution in [3.05, 3.63) is 67.1 Å². The summed E-state index contributed by atoms with van der Waals surface area (Å²) in [5.41, 5.74) is 2.34. The Kier molecular flexibility index (Phi) is 4.20. The van der Waals surface area contributed by atoms with Crippen molar-refractivity contribution in [2.45, 2.75) is 6.04 Å². The normalized spacial score (nSPS) is 12.1. The van der Waals surface area contributed by atoms with E-state index < -0.39 is 0 Å². The Morgan fingerprint density at radius 3 is 2.50 bits per heavy atom. The van der Waals surface area contributed by atoms with Gasteiger partial charge in [-0.05, 0) is 36.0 Å². The molecule has 2 aromatic rings. The molecule has 2 rings (SSSR count). The topological polar surface area (TPSA) is 26.2 Å². The predicted molar refractivity (Wildman–Crippen MR) is 73.7 cm³/mol. The molecule has 0 bridgehead atoms. The smallest absolute Gasteiger partial charge is 0.0742 e. The van der Waals surface area contributed by atoms with Gasteiger partial charge in [-0.3, -0.25) is 0 Å². The van der Waals surface area contributed by atoms with E-state index >= 15 is 0 Å². The zero-order valence-electron chi connectivity index (χ0n) is 10.5. The van der Waals surface area contributed by atoms with E-state index in [1.165, 1.54) is 5.56 Å². The van der Waals surface area contributed by atoms with Gasteiger partial charge >= 0.3 is 0 Å². The minimum absolute atomic E-state index is 0.145. The summed E-state index contributed by atoms with van der Waals surface area (Å²) >= 11 is 0. The Bertz CT molecular complexity index is 474. The fourth-order valence-electron chi connectivity index (χ4n) is 1.93. The standard InChI is InChI=1S/C15H18N2O/c1-3-16-15(12-18-2)13-6-8-14(9-7-13)17-10-4-5-11-17/h3-11,15-16H,1,12H2,2H3. The van der Waals surface area contributed by atoms with Gasteiger partial charge in [0.2, 0.25) is 0 Å². The van der Waals surface area contributed by atoms with E-state index in [1.807, 2.05) is 24.5 Å². The van der Waals surface area contributed by atoms with Gasteiger partial charge in [0, 0.05) is 25.2 Å². The van der Waals surface area contributed by atoms with Crippen molar-refractivity contribution in [1.82, 2.24) is 9.88 Å². The molecule has 0 aliphatic carbocycles. The third kappa shape index (κ3) is 2.81. The molecular weight excluding hydrogens is 224 g/mol. The molecule has 0 aliphatic heterocycles. The number of benzene rings is 1. The molecule has 3 nitrogen and oxygen atoms in total. The first-order valence-electron chi connectivity index (χ1n) is 5.94. The quantitative estimate of drug-likeness (QED) is 0.843. The monoisotopic (exact) mass is 242 g/mol. The van der Waals surface area contributed by atoms with Crippen LogP contribution in [0.3, 0.4) is 0 Å². The van der Waals surface area contributed by atoms with Crippen LogP contribution >= 0.6 is 0 Å². The molecule has 94 valence electrons. The van der Waals surface area contributed by atoms with Crippen LogP contribution in [-0.2, 0) is 4.74 Å². The maximum Gasteiger partial charge on any atom is 0.0742 e. The van der Waals surface area contributed by atoms with Crippen molar-refractivity contribution in [3.63, 3.8) is 0 Å².